The molecule has 13 aromatic rings. The van der Waals surface area contributed by atoms with Gasteiger partial charge in [0.1, 0.15) is 11.2 Å². The molecule has 13 rings (SSSR count). The average molecular weight is 803 g/mol. The summed E-state index contributed by atoms with van der Waals surface area (Å²) in [6.07, 6.45) is 0. The SMILES string of the molecule is c1ccc(-c2cccc(-c3ccc4c(c3)c3ccccc3n4-c3ccc(-c4ccc(-c5ccc(-n6c7ccccc7c7ccc8oc9ccccc9c8c76)cc5)cc4)cc3)c2)cc1. The van der Waals surface area contributed by atoms with Crippen LogP contribution in [-0.2, 0) is 0 Å². The van der Waals surface area contributed by atoms with Gasteiger partial charge in [-0.3, -0.25) is 0 Å². The number of aromatic nitrogens is 2. The molecule has 0 aliphatic carbocycles. The van der Waals surface area contributed by atoms with E-state index >= 15 is 0 Å². The first-order valence-corrected chi connectivity index (χ1v) is 21.6. The lowest BCUT2D eigenvalue weighted by Gasteiger charge is -2.11. The maximum absolute atomic E-state index is 6.33. The molecule has 0 bridgehead atoms. The molecule has 0 aliphatic heterocycles. The predicted molar refractivity (Wildman–Crippen MR) is 264 cm³/mol. The maximum atomic E-state index is 6.33. The summed E-state index contributed by atoms with van der Waals surface area (Å²) in [5.74, 6) is 0. The molecule has 0 unspecified atom stereocenters. The van der Waals surface area contributed by atoms with Gasteiger partial charge in [-0.2, -0.15) is 0 Å². The fraction of sp³-hybridized carbons (Fsp3) is 0. The van der Waals surface area contributed by atoms with Crippen molar-refractivity contribution in [3.05, 3.63) is 231 Å². The molecule has 0 spiro atoms. The molecule has 3 aromatic heterocycles. The van der Waals surface area contributed by atoms with Crippen molar-refractivity contribution in [2.24, 2.45) is 0 Å². The van der Waals surface area contributed by atoms with Crippen LogP contribution in [-0.4, -0.2) is 9.13 Å². The molecule has 10 aromatic carbocycles. The quantitative estimate of drug-likeness (QED) is 0.164. The van der Waals surface area contributed by atoms with Crippen LogP contribution >= 0.6 is 0 Å². The zero-order valence-electron chi connectivity index (χ0n) is 34.2. The number of benzene rings is 10. The lowest BCUT2D eigenvalue weighted by molar-refractivity contribution is 0.669. The minimum absolute atomic E-state index is 0.904. The maximum Gasteiger partial charge on any atom is 0.137 e. The van der Waals surface area contributed by atoms with Gasteiger partial charge in [-0.05, 0) is 117 Å². The molecule has 0 N–H and O–H groups in total. The molecule has 294 valence electrons. The summed E-state index contributed by atoms with van der Waals surface area (Å²) in [4.78, 5) is 0. The molecule has 0 amide bonds. The Morgan fingerprint density at radius 2 is 0.714 bits per heavy atom. The number of nitrogens with zero attached hydrogens (tertiary/aromatic N) is 2. The van der Waals surface area contributed by atoms with E-state index in [-0.39, 0.29) is 0 Å². The molecular weight excluding hydrogens is 765 g/mol. The lowest BCUT2D eigenvalue weighted by Crippen LogP contribution is -1.94. The second kappa shape index (κ2) is 14.1. The van der Waals surface area contributed by atoms with Crippen LogP contribution in [0.25, 0.3) is 121 Å². The summed E-state index contributed by atoms with van der Waals surface area (Å²) in [5, 5.41) is 7.24. The molecule has 3 heteroatoms. The van der Waals surface area contributed by atoms with Gasteiger partial charge in [0.05, 0.1) is 27.5 Å². The zero-order chi connectivity index (χ0) is 41.4. The Labute approximate surface area is 363 Å². The third-order valence-electron chi connectivity index (χ3n) is 13.0. The van der Waals surface area contributed by atoms with Crippen molar-refractivity contribution >= 4 is 65.6 Å². The monoisotopic (exact) mass is 802 g/mol. The van der Waals surface area contributed by atoms with E-state index in [1.807, 2.05) is 6.07 Å². The highest BCUT2D eigenvalue weighted by Crippen LogP contribution is 2.41. The Morgan fingerprint density at radius 3 is 1.40 bits per heavy atom. The summed E-state index contributed by atoms with van der Waals surface area (Å²) in [6.45, 7) is 0. The fourth-order valence-electron chi connectivity index (χ4n) is 9.93. The van der Waals surface area contributed by atoms with Crippen molar-refractivity contribution in [1.29, 1.82) is 0 Å². The van der Waals surface area contributed by atoms with Gasteiger partial charge >= 0.3 is 0 Å². The standard InChI is InChI=1S/C60H38N2O/c1-2-11-39(12-3-1)44-13-10-14-45(37-44)46-29-35-56-53(38-46)50-16-5-7-18-54(50)61(56)47-30-25-42(26-31-47)40-21-23-41(24-22-40)43-27-32-48(33-28-43)62-55-19-8-4-15-49(55)51-34-36-58-59(60(51)62)52-17-6-9-20-57(52)63-58/h1-38H. The van der Waals surface area contributed by atoms with Gasteiger partial charge in [0.25, 0.3) is 0 Å². The number of fused-ring (bicyclic) bond motifs is 10. The van der Waals surface area contributed by atoms with Crippen molar-refractivity contribution in [1.82, 2.24) is 9.13 Å². The average Bonchev–Trinajstić information content (AvgIpc) is 4.02. The molecule has 0 aliphatic rings. The van der Waals surface area contributed by atoms with E-state index in [0.29, 0.717) is 0 Å². The smallest absolute Gasteiger partial charge is 0.137 e. The Bertz CT molecular complexity index is 3870. The van der Waals surface area contributed by atoms with Gasteiger partial charge in [0, 0.05) is 38.3 Å². The van der Waals surface area contributed by atoms with Crippen LogP contribution < -0.4 is 0 Å². The molecule has 3 heterocycles. The minimum Gasteiger partial charge on any atom is -0.456 e. The molecule has 0 saturated carbocycles. The van der Waals surface area contributed by atoms with E-state index in [9.17, 15) is 0 Å². The second-order valence-electron chi connectivity index (χ2n) is 16.5. The predicted octanol–water partition coefficient (Wildman–Crippen LogP) is 16.4. The number of hydrogen-bond donors (Lipinski definition) is 0. The number of furan rings is 1. The zero-order valence-corrected chi connectivity index (χ0v) is 34.2. The molecule has 0 fully saturated rings. The summed E-state index contributed by atoms with van der Waals surface area (Å²) < 4.78 is 11.1. The minimum atomic E-state index is 0.904. The highest BCUT2D eigenvalue weighted by atomic mass is 16.3. The lowest BCUT2D eigenvalue weighted by atomic mass is 9.98. The van der Waals surface area contributed by atoms with Crippen LogP contribution in [0.2, 0.25) is 0 Å². The Hall–Kier alpha value is -8.40. The normalized spacial score (nSPS) is 11.8. The van der Waals surface area contributed by atoms with Crippen molar-refractivity contribution in [3.63, 3.8) is 0 Å². The summed E-state index contributed by atoms with van der Waals surface area (Å²) in [5.41, 5.74) is 18.5. The van der Waals surface area contributed by atoms with Gasteiger partial charge in [-0.25, -0.2) is 0 Å². The van der Waals surface area contributed by atoms with E-state index in [1.54, 1.807) is 0 Å². The van der Waals surface area contributed by atoms with E-state index in [4.69, 9.17) is 4.42 Å². The van der Waals surface area contributed by atoms with Crippen LogP contribution in [0, 0.1) is 0 Å². The van der Waals surface area contributed by atoms with E-state index < -0.39 is 0 Å². The third kappa shape index (κ3) is 5.67. The van der Waals surface area contributed by atoms with Gasteiger partial charge in [-0.1, -0.05) is 158 Å². The van der Waals surface area contributed by atoms with Crippen LogP contribution in [0.1, 0.15) is 0 Å². The molecule has 63 heavy (non-hydrogen) atoms. The van der Waals surface area contributed by atoms with Crippen molar-refractivity contribution in [2.75, 3.05) is 0 Å². The molecule has 0 atom stereocenters. The summed E-state index contributed by atoms with van der Waals surface area (Å²) >= 11 is 0. The van der Waals surface area contributed by atoms with Crippen molar-refractivity contribution < 1.29 is 4.42 Å². The van der Waals surface area contributed by atoms with Gasteiger partial charge in [-0.15, -0.1) is 0 Å². The number of hydrogen-bond acceptors (Lipinski definition) is 1. The fourth-order valence-corrected chi connectivity index (χ4v) is 9.93. The third-order valence-corrected chi connectivity index (χ3v) is 13.0. The molecule has 0 saturated heterocycles. The highest BCUT2D eigenvalue weighted by Gasteiger charge is 2.19. The first-order valence-electron chi connectivity index (χ1n) is 21.6. The van der Waals surface area contributed by atoms with Gasteiger partial charge < -0.3 is 13.6 Å². The first kappa shape index (κ1) is 35.4. The van der Waals surface area contributed by atoms with Crippen molar-refractivity contribution in [3.8, 4) is 55.9 Å². The van der Waals surface area contributed by atoms with E-state index in [2.05, 4.69) is 234 Å². The second-order valence-corrected chi connectivity index (χ2v) is 16.5. The van der Waals surface area contributed by atoms with Gasteiger partial charge in [0.15, 0.2) is 0 Å². The van der Waals surface area contributed by atoms with Crippen LogP contribution in [0.4, 0.5) is 0 Å². The Balaban J connectivity index is 0.810. The number of para-hydroxylation sites is 3. The van der Waals surface area contributed by atoms with Gasteiger partial charge in [0.2, 0.25) is 0 Å². The first-order chi connectivity index (χ1) is 31.2. The Kier molecular flexibility index (Phi) is 7.91. The van der Waals surface area contributed by atoms with Crippen LogP contribution in [0.5, 0.6) is 0 Å². The van der Waals surface area contributed by atoms with Crippen molar-refractivity contribution in [2.45, 2.75) is 0 Å². The molecule has 3 nitrogen and oxygen atoms in total. The van der Waals surface area contributed by atoms with E-state index in [1.165, 1.54) is 88.1 Å². The topological polar surface area (TPSA) is 23.0 Å². The Morgan fingerprint density at radius 1 is 0.254 bits per heavy atom. The largest absolute Gasteiger partial charge is 0.456 e. The van der Waals surface area contributed by atoms with E-state index in [0.717, 1.165) is 33.3 Å². The summed E-state index contributed by atoms with van der Waals surface area (Å²) in [6, 6.07) is 83.3. The van der Waals surface area contributed by atoms with Crippen LogP contribution in [0.15, 0.2) is 235 Å². The molecular formula is C60H38N2O. The van der Waals surface area contributed by atoms with Crippen LogP contribution in [0.3, 0.4) is 0 Å². The highest BCUT2D eigenvalue weighted by molar-refractivity contribution is 6.24. The summed E-state index contributed by atoms with van der Waals surface area (Å²) in [7, 11) is 0. The molecule has 0 radical (unpaired) electrons. The number of rotatable bonds is 6.